The molecule has 0 atom stereocenters. The van der Waals surface area contributed by atoms with Gasteiger partial charge >= 0.3 is 0 Å². The maximum absolute atomic E-state index is 12.2. The van der Waals surface area contributed by atoms with Gasteiger partial charge in [-0.3, -0.25) is 4.79 Å². The van der Waals surface area contributed by atoms with E-state index in [-0.39, 0.29) is 16.7 Å². The summed E-state index contributed by atoms with van der Waals surface area (Å²) in [7, 11) is -3.22. The van der Waals surface area contributed by atoms with Gasteiger partial charge in [0.25, 0.3) is 0 Å². The standard InChI is InChI=1S/C19H22N2O4S/c1-26(23,24)18-8-6-17(7-9-18)25-16-4-2-15(3-5-16)21-19(22)14-10-12-20-13-11-14/h2-9,14,20H,10-13H2,1H3,(H,21,22). The molecule has 2 N–H and O–H groups in total. The number of hydrogen-bond donors (Lipinski definition) is 2. The number of anilines is 1. The zero-order chi connectivity index (χ0) is 18.6. The van der Waals surface area contributed by atoms with Gasteiger partial charge in [-0.25, -0.2) is 8.42 Å². The van der Waals surface area contributed by atoms with Crippen molar-refractivity contribution in [2.45, 2.75) is 17.7 Å². The number of carbonyl (C=O) groups excluding carboxylic acids is 1. The summed E-state index contributed by atoms with van der Waals surface area (Å²) in [6.45, 7) is 1.76. The topological polar surface area (TPSA) is 84.5 Å². The van der Waals surface area contributed by atoms with E-state index in [1.54, 1.807) is 36.4 Å². The number of ether oxygens (including phenoxy) is 1. The molecule has 1 fully saturated rings. The lowest BCUT2D eigenvalue weighted by Crippen LogP contribution is -2.34. The van der Waals surface area contributed by atoms with E-state index in [1.165, 1.54) is 18.4 Å². The van der Waals surface area contributed by atoms with E-state index in [0.717, 1.165) is 31.6 Å². The summed E-state index contributed by atoms with van der Waals surface area (Å²) in [5.41, 5.74) is 0.730. The average Bonchev–Trinajstić information content (AvgIpc) is 2.64. The van der Waals surface area contributed by atoms with Gasteiger partial charge in [0, 0.05) is 17.9 Å². The van der Waals surface area contributed by atoms with Crippen molar-refractivity contribution in [3.05, 3.63) is 48.5 Å². The van der Waals surface area contributed by atoms with Gasteiger partial charge in [-0.15, -0.1) is 0 Å². The molecule has 6 nitrogen and oxygen atoms in total. The molecule has 0 bridgehead atoms. The lowest BCUT2D eigenvalue weighted by molar-refractivity contribution is -0.120. The Kier molecular flexibility index (Phi) is 5.58. The van der Waals surface area contributed by atoms with Crippen molar-refractivity contribution < 1.29 is 17.9 Å². The first kappa shape index (κ1) is 18.4. The molecule has 1 saturated heterocycles. The second-order valence-corrected chi connectivity index (χ2v) is 8.40. The number of amides is 1. The smallest absolute Gasteiger partial charge is 0.227 e. The van der Waals surface area contributed by atoms with E-state index in [1.807, 2.05) is 0 Å². The van der Waals surface area contributed by atoms with Gasteiger partial charge in [-0.05, 0) is 74.5 Å². The van der Waals surface area contributed by atoms with Gasteiger partial charge in [0.1, 0.15) is 11.5 Å². The molecule has 1 aliphatic heterocycles. The molecule has 0 aliphatic carbocycles. The summed E-state index contributed by atoms with van der Waals surface area (Å²) < 4.78 is 28.6. The molecule has 1 amide bonds. The normalized spacial score (nSPS) is 15.4. The molecule has 2 aromatic rings. The predicted octanol–water partition coefficient (Wildman–Crippen LogP) is 2.82. The second kappa shape index (κ2) is 7.88. The van der Waals surface area contributed by atoms with Crippen molar-refractivity contribution in [1.82, 2.24) is 5.32 Å². The van der Waals surface area contributed by atoms with Crippen LogP contribution < -0.4 is 15.4 Å². The quantitative estimate of drug-likeness (QED) is 0.841. The minimum Gasteiger partial charge on any atom is -0.457 e. The van der Waals surface area contributed by atoms with E-state index < -0.39 is 9.84 Å². The third-order valence-electron chi connectivity index (χ3n) is 4.32. The molecule has 1 heterocycles. The van der Waals surface area contributed by atoms with Crippen LogP contribution in [0.5, 0.6) is 11.5 Å². The number of nitrogens with one attached hydrogen (secondary N) is 2. The molecule has 0 unspecified atom stereocenters. The highest BCUT2D eigenvalue weighted by atomic mass is 32.2. The molecule has 0 aromatic heterocycles. The van der Waals surface area contributed by atoms with Gasteiger partial charge < -0.3 is 15.4 Å². The van der Waals surface area contributed by atoms with Crippen molar-refractivity contribution in [2.24, 2.45) is 5.92 Å². The van der Waals surface area contributed by atoms with Crippen molar-refractivity contribution in [2.75, 3.05) is 24.7 Å². The summed E-state index contributed by atoms with van der Waals surface area (Å²) in [5, 5.41) is 6.18. The Labute approximate surface area is 153 Å². The van der Waals surface area contributed by atoms with E-state index in [2.05, 4.69) is 10.6 Å². The lowest BCUT2D eigenvalue weighted by Gasteiger charge is -2.21. The van der Waals surface area contributed by atoms with Crippen LogP contribution in [0.25, 0.3) is 0 Å². The van der Waals surface area contributed by atoms with Crippen molar-refractivity contribution >= 4 is 21.4 Å². The van der Waals surface area contributed by atoms with Gasteiger partial charge in [-0.1, -0.05) is 0 Å². The highest BCUT2D eigenvalue weighted by molar-refractivity contribution is 7.90. The highest BCUT2D eigenvalue weighted by Crippen LogP contribution is 2.25. The summed E-state index contributed by atoms with van der Waals surface area (Å²) in [6, 6.07) is 13.4. The lowest BCUT2D eigenvalue weighted by atomic mass is 9.97. The molecule has 1 aliphatic rings. The van der Waals surface area contributed by atoms with Crippen LogP contribution in [-0.2, 0) is 14.6 Å². The molecular weight excluding hydrogens is 352 g/mol. The fourth-order valence-electron chi connectivity index (χ4n) is 2.83. The third kappa shape index (κ3) is 4.83. The van der Waals surface area contributed by atoms with Crippen molar-refractivity contribution in [3.8, 4) is 11.5 Å². The molecule has 0 spiro atoms. The van der Waals surface area contributed by atoms with Crippen molar-refractivity contribution in [3.63, 3.8) is 0 Å². The number of hydrogen-bond acceptors (Lipinski definition) is 5. The van der Waals surface area contributed by atoms with Gasteiger partial charge in [-0.2, -0.15) is 0 Å². The first-order chi connectivity index (χ1) is 12.4. The Morgan fingerprint density at radius 1 is 1.00 bits per heavy atom. The molecule has 138 valence electrons. The first-order valence-corrected chi connectivity index (χ1v) is 10.4. The zero-order valence-electron chi connectivity index (χ0n) is 14.6. The van der Waals surface area contributed by atoms with E-state index >= 15 is 0 Å². The van der Waals surface area contributed by atoms with Gasteiger partial charge in [0.15, 0.2) is 9.84 Å². The fraction of sp³-hybridized carbons (Fsp3) is 0.316. The SMILES string of the molecule is CS(=O)(=O)c1ccc(Oc2ccc(NC(=O)C3CCNCC3)cc2)cc1. The fourth-order valence-corrected chi connectivity index (χ4v) is 3.46. The molecule has 0 saturated carbocycles. The number of sulfone groups is 1. The molecule has 2 aromatic carbocycles. The van der Waals surface area contributed by atoms with Crippen LogP contribution in [0.1, 0.15) is 12.8 Å². The third-order valence-corrected chi connectivity index (χ3v) is 5.45. The largest absolute Gasteiger partial charge is 0.457 e. The Morgan fingerprint density at radius 2 is 1.54 bits per heavy atom. The van der Waals surface area contributed by atoms with Gasteiger partial charge in [0.05, 0.1) is 4.90 Å². The average molecular weight is 374 g/mol. The molecular formula is C19H22N2O4S. The van der Waals surface area contributed by atoms with Crippen LogP contribution in [0.3, 0.4) is 0 Å². The minimum atomic E-state index is -3.22. The Hall–Kier alpha value is -2.38. The van der Waals surface area contributed by atoms with Crippen molar-refractivity contribution in [1.29, 1.82) is 0 Å². The number of carbonyl (C=O) groups is 1. The van der Waals surface area contributed by atoms with Crippen LogP contribution in [-0.4, -0.2) is 33.7 Å². The summed E-state index contributed by atoms with van der Waals surface area (Å²) in [4.78, 5) is 12.5. The predicted molar refractivity (Wildman–Crippen MR) is 100 cm³/mol. The van der Waals surface area contributed by atoms with E-state index in [4.69, 9.17) is 4.74 Å². The van der Waals surface area contributed by atoms with Crippen LogP contribution in [0.4, 0.5) is 5.69 Å². The highest BCUT2D eigenvalue weighted by Gasteiger charge is 2.20. The molecule has 3 rings (SSSR count). The first-order valence-electron chi connectivity index (χ1n) is 8.51. The Balaban J connectivity index is 1.59. The zero-order valence-corrected chi connectivity index (χ0v) is 15.4. The number of benzene rings is 2. The van der Waals surface area contributed by atoms with E-state index in [0.29, 0.717) is 11.5 Å². The van der Waals surface area contributed by atoms with Crippen LogP contribution >= 0.6 is 0 Å². The Bertz CT molecular complexity index is 855. The van der Waals surface area contributed by atoms with E-state index in [9.17, 15) is 13.2 Å². The minimum absolute atomic E-state index is 0.0523. The molecule has 0 radical (unpaired) electrons. The van der Waals surface area contributed by atoms with Crippen LogP contribution in [0, 0.1) is 5.92 Å². The monoisotopic (exact) mass is 374 g/mol. The van der Waals surface area contributed by atoms with Crippen LogP contribution in [0.15, 0.2) is 53.4 Å². The number of piperidine rings is 1. The molecule has 26 heavy (non-hydrogen) atoms. The summed E-state index contributed by atoms with van der Waals surface area (Å²) in [6.07, 6.45) is 2.88. The summed E-state index contributed by atoms with van der Waals surface area (Å²) >= 11 is 0. The molecule has 7 heteroatoms. The Morgan fingerprint density at radius 3 is 2.08 bits per heavy atom. The maximum atomic E-state index is 12.2. The maximum Gasteiger partial charge on any atom is 0.227 e. The van der Waals surface area contributed by atoms with Crippen LogP contribution in [0.2, 0.25) is 0 Å². The summed E-state index contributed by atoms with van der Waals surface area (Å²) in [5.74, 6) is 1.26. The number of rotatable bonds is 5. The second-order valence-electron chi connectivity index (χ2n) is 6.38. The van der Waals surface area contributed by atoms with Gasteiger partial charge in [0.2, 0.25) is 5.91 Å².